The first-order valence-corrected chi connectivity index (χ1v) is 11.1. The van der Waals surface area contributed by atoms with E-state index in [4.69, 9.17) is 4.74 Å². The molecule has 7 nitrogen and oxygen atoms in total. The summed E-state index contributed by atoms with van der Waals surface area (Å²) in [5, 5.41) is 3.08. The Labute approximate surface area is 170 Å². The molecular weight excluding hydrogens is 392 g/mol. The first-order valence-electron chi connectivity index (χ1n) is 9.31. The van der Waals surface area contributed by atoms with Crippen LogP contribution < -0.4 is 10.2 Å². The van der Waals surface area contributed by atoms with Crippen LogP contribution in [0, 0.1) is 6.92 Å². The lowest BCUT2D eigenvalue weighted by Crippen LogP contribution is -2.44. The predicted octanol–water partition coefficient (Wildman–Crippen LogP) is 2.41. The molecule has 0 saturated carbocycles. The van der Waals surface area contributed by atoms with Crippen molar-refractivity contribution in [2.45, 2.75) is 19.4 Å². The normalized spacial score (nSPS) is 17.5. The van der Waals surface area contributed by atoms with Crippen LogP contribution in [0.2, 0.25) is 0 Å². The number of hydrogen-bond acceptors (Lipinski definition) is 6. The van der Waals surface area contributed by atoms with Gasteiger partial charge < -0.3 is 15.0 Å². The number of aryl methyl sites for hydroxylation is 1. The summed E-state index contributed by atoms with van der Waals surface area (Å²) < 4.78 is 28.7. The molecule has 1 heterocycles. The van der Waals surface area contributed by atoms with Gasteiger partial charge in [-0.15, -0.1) is 0 Å². The van der Waals surface area contributed by atoms with E-state index in [9.17, 15) is 18.0 Å². The third-order valence-corrected chi connectivity index (χ3v) is 6.72. The minimum atomic E-state index is -3.14. The van der Waals surface area contributed by atoms with Gasteiger partial charge in [0.2, 0.25) is 5.91 Å². The summed E-state index contributed by atoms with van der Waals surface area (Å²) in [5.41, 5.74) is 2.57. The Bertz CT molecular complexity index is 1000. The molecule has 2 aromatic rings. The Morgan fingerprint density at radius 2 is 1.90 bits per heavy atom. The van der Waals surface area contributed by atoms with Crippen LogP contribution in [0.4, 0.5) is 11.4 Å². The van der Waals surface area contributed by atoms with Gasteiger partial charge in [0, 0.05) is 11.4 Å². The number of methoxy groups -OCH3 is 1. The maximum Gasteiger partial charge on any atom is 0.337 e. The van der Waals surface area contributed by atoms with Gasteiger partial charge in [-0.2, -0.15) is 0 Å². The van der Waals surface area contributed by atoms with E-state index < -0.39 is 15.8 Å². The average molecular weight is 416 g/mol. The number of carbonyl (C=O) groups is 2. The summed E-state index contributed by atoms with van der Waals surface area (Å²) in [7, 11) is -1.83. The van der Waals surface area contributed by atoms with Crippen LogP contribution in [-0.4, -0.2) is 51.5 Å². The van der Waals surface area contributed by atoms with Crippen LogP contribution >= 0.6 is 0 Å². The van der Waals surface area contributed by atoms with Crippen molar-refractivity contribution in [2.24, 2.45) is 0 Å². The maximum absolute atomic E-state index is 13.1. The van der Waals surface area contributed by atoms with Crippen molar-refractivity contribution < 1.29 is 22.7 Å². The van der Waals surface area contributed by atoms with Crippen LogP contribution in [0.15, 0.2) is 48.5 Å². The van der Waals surface area contributed by atoms with E-state index in [0.717, 1.165) is 5.56 Å². The highest BCUT2D eigenvalue weighted by Gasteiger charge is 2.35. The number of esters is 1. The van der Waals surface area contributed by atoms with Crippen LogP contribution in [0.25, 0.3) is 0 Å². The number of hydrogen-bond donors (Lipinski definition) is 1. The van der Waals surface area contributed by atoms with Gasteiger partial charge in [0.25, 0.3) is 0 Å². The molecule has 0 spiro atoms. The minimum Gasteiger partial charge on any atom is -0.465 e. The van der Waals surface area contributed by atoms with E-state index in [1.165, 1.54) is 7.11 Å². The molecule has 1 fully saturated rings. The lowest BCUT2D eigenvalue weighted by atomic mass is 10.1. The molecule has 1 N–H and O–H groups in total. The quantitative estimate of drug-likeness (QED) is 0.727. The number of rotatable bonds is 6. The summed E-state index contributed by atoms with van der Waals surface area (Å²) in [5.74, 6) is -0.644. The van der Waals surface area contributed by atoms with Gasteiger partial charge in [0.05, 0.1) is 36.8 Å². The Kier molecular flexibility index (Phi) is 6.22. The fourth-order valence-electron chi connectivity index (χ4n) is 3.44. The summed E-state index contributed by atoms with van der Waals surface area (Å²) in [6, 6.07) is 13.8. The molecule has 1 aliphatic rings. The standard InChI is InChI=1S/C21H24N2O5S/c1-15-8-9-16(21(25)28-2)12-19(15)22-13-20(24)23(17-6-4-3-5-7-17)18-10-11-29(26,27)14-18/h3-9,12,18,22H,10-11,13-14H2,1-2H3/t18-/m1/s1. The monoisotopic (exact) mass is 416 g/mol. The molecule has 0 aromatic heterocycles. The van der Waals surface area contributed by atoms with E-state index >= 15 is 0 Å². The Morgan fingerprint density at radius 3 is 2.52 bits per heavy atom. The topological polar surface area (TPSA) is 92.8 Å². The number of para-hydroxylation sites is 1. The third-order valence-electron chi connectivity index (χ3n) is 4.97. The van der Waals surface area contributed by atoms with Crippen molar-refractivity contribution in [3.63, 3.8) is 0 Å². The van der Waals surface area contributed by atoms with Crippen LogP contribution in [-0.2, 0) is 19.4 Å². The summed E-state index contributed by atoms with van der Waals surface area (Å²) in [6.45, 7) is 1.84. The van der Waals surface area contributed by atoms with Gasteiger partial charge in [-0.1, -0.05) is 24.3 Å². The largest absolute Gasteiger partial charge is 0.465 e. The zero-order valence-corrected chi connectivity index (χ0v) is 17.2. The van der Waals surface area contributed by atoms with Gasteiger partial charge in [-0.25, -0.2) is 13.2 Å². The van der Waals surface area contributed by atoms with Gasteiger partial charge in [-0.3, -0.25) is 4.79 Å². The molecule has 154 valence electrons. The van der Waals surface area contributed by atoms with Gasteiger partial charge in [0.15, 0.2) is 9.84 Å². The summed E-state index contributed by atoms with van der Waals surface area (Å²) in [4.78, 5) is 26.4. The molecule has 2 aromatic carbocycles. The lowest BCUT2D eigenvalue weighted by Gasteiger charge is -2.29. The molecule has 0 unspecified atom stereocenters. The van der Waals surface area contributed by atoms with E-state index in [2.05, 4.69) is 5.32 Å². The van der Waals surface area contributed by atoms with Crippen LogP contribution in [0.5, 0.6) is 0 Å². The molecule has 0 bridgehead atoms. The molecular formula is C21H24N2O5S. The number of amides is 1. The van der Waals surface area contributed by atoms with Gasteiger partial charge in [0.1, 0.15) is 0 Å². The highest BCUT2D eigenvalue weighted by Crippen LogP contribution is 2.25. The van der Waals surface area contributed by atoms with Gasteiger partial charge >= 0.3 is 5.97 Å². The van der Waals surface area contributed by atoms with E-state index in [0.29, 0.717) is 23.4 Å². The van der Waals surface area contributed by atoms with E-state index in [-0.39, 0.29) is 30.0 Å². The average Bonchev–Trinajstić information content (AvgIpc) is 3.07. The lowest BCUT2D eigenvalue weighted by molar-refractivity contribution is -0.117. The van der Waals surface area contributed by atoms with Crippen molar-refractivity contribution >= 4 is 33.1 Å². The zero-order chi connectivity index (χ0) is 21.0. The summed E-state index contributed by atoms with van der Waals surface area (Å²) >= 11 is 0. The number of carbonyl (C=O) groups excluding carboxylic acids is 2. The predicted molar refractivity (Wildman–Crippen MR) is 112 cm³/mol. The van der Waals surface area contributed by atoms with Crippen molar-refractivity contribution in [2.75, 3.05) is 35.4 Å². The smallest absolute Gasteiger partial charge is 0.337 e. The Hall–Kier alpha value is -2.87. The molecule has 8 heteroatoms. The van der Waals surface area contributed by atoms with Crippen molar-refractivity contribution in [3.8, 4) is 0 Å². The van der Waals surface area contributed by atoms with Crippen LogP contribution in [0.3, 0.4) is 0 Å². The van der Waals surface area contributed by atoms with Crippen molar-refractivity contribution in [1.82, 2.24) is 0 Å². The number of anilines is 2. The molecule has 0 aliphatic carbocycles. The third kappa shape index (κ3) is 4.95. The molecule has 29 heavy (non-hydrogen) atoms. The molecule has 3 rings (SSSR count). The van der Waals surface area contributed by atoms with Crippen molar-refractivity contribution in [1.29, 1.82) is 0 Å². The Balaban J connectivity index is 1.80. The molecule has 1 amide bonds. The second-order valence-electron chi connectivity index (χ2n) is 7.03. The number of sulfone groups is 1. The number of benzene rings is 2. The molecule has 1 aliphatic heterocycles. The summed E-state index contributed by atoms with van der Waals surface area (Å²) in [6.07, 6.45) is 0.416. The highest BCUT2D eigenvalue weighted by atomic mass is 32.2. The molecule has 0 radical (unpaired) electrons. The zero-order valence-electron chi connectivity index (χ0n) is 16.4. The fraction of sp³-hybridized carbons (Fsp3) is 0.333. The second-order valence-corrected chi connectivity index (χ2v) is 9.26. The Morgan fingerprint density at radius 1 is 1.17 bits per heavy atom. The number of nitrogens with one attached hydrogen (secondary N) is 1. The number of nitrogens with zero attached hydrogens (tertiary/aromatic N) is 1. The van der Waals surface area contributed by atoms with E-state index in [1.54, 1.807) is 35.2 Å². The molecule has 1 atom stereocenters. The van der Waals surface area contributed by atoms with Gasteiger partial charge in [-0.05, 0) is 43.2 Å². The van der Waals surface area contributed by atoms with Crippen LogP contribution in [0.1, 0.15) is 22.3 Å². The molecule has 1 saturated heterocycles. The second kappa shape index (κ2) is 8.65. The first kappa shape index (κ1) is 20.9. The van der Waals surface area contributed by atoms with E-state index in [1.807, 2.05) is 25.1 Å². The maximum atomic E-state index is 13.1. The highest BCUT2D eigenvalue weighted by molar-refractivity contribution is 7.91. The fourth-order valence-corrected chi connectivity index (χ4v) is 5.14. The SMILES string of the molecule is COC(=O)c1ccc(C)c(NCC(=O)N(c2ccccc2)[C@@H]2CCS(=O)(=O)C2)c1. The number of ether oxygens (including phenoxy) is 1. The van der Waals surface area contributed by atoms with Crippen molar-refractivity contribution in [3.05, 3.63) is 59.7 Å². The minimum absolute atomic E-state index is 0.0308. The first-order chi connectivity index (χ1) is 13.8.